The predicted molar refractivity (Wildman–Crippen MR) is 134 cm³/mol. The zero-order valence-corrected chi connectivity index (χ0v) is 20.3. The molecule has 2 aromatic carbocycles. The number of rotatable bonds is 9. The van der Waals surface area contributed by atoms with Gasteiger partial charge in [-0.25, -0.2) is 14.6 Å². The molecule has 0 fully saturated rings. The summed E-state index contributed by atoms with van der Waals surface area (Å²) in [6.07, 6.45) is 1.78. The van der Waals surface area contributed by atoms with Gasteiger partial charge in [-0.15, -0.1) is 0 Å². The molecular weight excluding hydrogens is 466 g/mol. The van der Waals surface area contributed by atoms with E-state index >= 15 is 0 Å². The summed E-state index contributed by atoms with van der Waals surface area (Å²) in [5.41, 5.74) is 4.50. The highest BCUT2D eigenvalue weighted by molar-refractivity contribution is 7.17. The Bertz CT molecular complexity index is 1200. The maximum atomic E-state index is 12.5. The number of nitrogens with one attached hydrogen (secondary N) is 2. The third-order valence-electron chi connectivity index (χ3n) is 6.22. The van der Waals surface area contributed by atoms with Gasteiger partial charge in [-0.1, -0.05) is 80.1 Å². The number of hydrogen-bond donors (Lipinski definition) is 3. The second-order valence-electron chi connectivity index (χ2n) is 8.59. The molecule has 0 bridgehead atoms. The van der Waals surface area contributed by atoms with Gasteiger partial charge in [0.05, 0.1) is 6.20 Å². The molecule has 0 saturated carbocycles. The van der Waals surface area contributed by atoms with E-state index < -0.39 is 24.0 Å². The third kappa shape index (κ3) is 5.51. The normalized spacial score (nSPS) is 13.9. The fourth-order valence-electron chi connectivity index (χ4n) is 4.18. The minimum Gasteiger partial charge on any atom is -0.480 e. The summed E-state index contributed by atoms with van der Waals surface area (Å²) in [5, 5.41) is 14.7. The van der Waals surface area contributed by atoms with Crippen LogP contribution in [0.1, 0.15) is 53.4 Å². The van der Waals surface area contributed by atoms with Crippen molar-refractivity contribution < 1.29 is 24.2 Å². The lowest BCUT2D eigenvalue weighted by atomic mass is 9.98. The summed E-state index contributed by atoms with van der Waals surface area (Å²) in [5.74, 6) is -1.54. The molecule has 2 unspecified atom stereocenters. The third-order valence-corrected chi connectivity index (χ3v) is 7.13. The average molecular weight is 494 g/mol. The van der Waals surface area contributed by atoms with Crippen LogP contribution in [-0.2, 0) is 9.53 Å². The van der Waals surface area contributed by atoms with Crippen molar-refractivity contribution in [2.75, 3.05) is 11.9 Å². The Kier molecular flexibility index (Phi) is 7.45. The van der Waals surface area contributed by atoms with Gasteiger partial charge in [0.1, 0.15) is 17.5 Å². The van der Waals surface area contributed by atoms with Gasteiger partial charge < -0.3 is 15.2 Å². The zero-order chi connectivity index (χ0) is 24.9. The fourth-order valence-corrected chi connectivity index (χ4v) is 4.88. The number of carbonyl (C=O) groups is 3. The van der Waals surface area contributed by atoms with Gasteiger partial charge in [-0.05, 0) is 34.6 Å². The number of carboxylic acid groups (broad SMARTS) is 1. The van der Waals surface area contributed by atoms with Gasteiger partial charge in [0, 0.05) is 5.92 Å². The van der Waals surface area contributed by atoms with E-state index in [1.165, 1.54) is 6.20 Å². The monoisotopic (exact) mass is 493 g/mol. The van der Waals surface area contributed by atoms with Crippen LogP contribution in [0.5, 0.6) is 0 Å². The van der Waals surface area contributed by atoms with E-state index in [2.05, 4.69) is 27.8 Å². The van der Waals surface area contributed by atoms with Crippen molar-refractivity contribution in [2.24, 2.45) is 5.92 Å². The Labute approximate surface area is 207 Å². The molecule has 1 aromatic heterocycles. The van der Waals surface area contributed by atoms with E-state index in [0.717, 1.165) is 40.0 Å². The lowest BCUT2D eigenvalue weighted by molar-refractivity contribution is -0.139. The van der Waals surface area contributed by atoms with Crippen LogP contribution < -0.4 is 10.6 Å². The number of carboxylic acids is 1. The van der Waals surface area contributed by atoms with Crippen LogP contribution in [0, 0.1) is 5.92 Å². The summed E-state index contributed by atoms with van der Waals surface area (Å²) in [6.45, 7) is 4.07. The lowest BCUT2D eigenvalue weighted by Gasteiger charge is -2.17. The van der Waals surface area contributed by atoms with E-state index in [-0.39, 0.29) is 28.5 Å². The van der Waals surface area contributed by atoms with E-state index in [4.69, 9.17) is 4.74 Å². The van der Waals surface area contributed by atoms with Crippen LogP contribution in [0.15, 0.2) is 54.7 Å². The molecule has 0 saturated heterocycles. The topological polar surface area (TPSA) is 118 Å². The molecule has 2 amide bonds. The van der Waals surface area contributed by atoms with Crippen molar-refractivity contribution in [3.05, 3.63) is 70.7 Å². The molecule has 182 valence electrons. The largest absolute Gasteiger partial charge is 0.480 e. The summed E-state index contributed by atoms with van der Waals surface area (Å²) in [6, 6.07) is 15.1. The quantitative estimate of drug-likeness (QED) is 0.381. The smallest absolute Gasteiger partial charge is 0.413 e. The Hall–Kier alpha value is -3.72. The first-order valence-electron chi connectivity index (χ1n) is 11.5. The minimum atomic E-state index is -1.08. The molecule has 0 radical (unpaired) electrons. The van der Waals surface area contributed by atoms with Crippen LogP contribution in [0.3, 0.4) is 0 Å². The van der Waals surface area contributed by atoms with Crippen molar-refractivity contribution in [1.82, 2.24) is 10.3 Å². The number of fused-ring (bicyclic) bond motifs is 3. The Morgan fingerprint density at radius 3 is 2.31 bits per heavy atom. The van der Waals surface area contributed by atoms with Crippen molar-refractivity contribution in [3.8, 4) is 11.1 Å². The number of nitrogens with zero attached hydrogens (tertiary/aromatic N) is 1. The number of amides is 2. The number of carbonyl (C=O) groups excluding carboxylic acids is 2. The van der Waals surface area contributed by atoms with Gasteiger partial charge in [-0.2, -0.15) is 0 Å². The second kappa shape index (κ2) is 10.7. The van der Waals surface area contributed by atoms with Gasteiger partial charge in [0.25, 0.3) is 5.91 Å². The van der Waals surface area contributed by atoms with Crippen LogP contribution >= 0.6 is 11.3 Å². The molecule has 1 heterocycles. The SMILES string of the molecule is CCC(C)CC(NC(=O)c1cnc(NC(=O)OCC2c3ccccc3-c3ccccc32)s1)C(=O)O. The molecule has 0 aliphatic heterocycles. The first-order valence-corrected chi connectivity index (χ1v) is 12.3. The van der Waals surface area contributed by atoms with E-state index in [1.807, 2.05) is 50.2 Å². The predicted octanol–water partition coefficient (Wildman–Crippen LogP) is 5.12. The molecule has 9 heteroatoms. The molecule has 1 aliphatic carbocycles. The summed E-state index contributed by atoms with van der Waals surface area (Å²) in [4.78, 5) is 40.7. The molecular formula is C26H27N3O5S. The van der Waals surface area contributed by atoms with Gasteiger partial charge in [0.15, 0.2) is 5.13 Å². The summed E-state index contributed by atoms with van der Waals surface area (Å²) >= 11 is 0.955. The number of ether oxygens (including phenoxy) is 1. The molecule has 35 heavy (non-hydrogen) atoms. The number of hydrogen-bond acceptors (Lipinski definition) is 6. The first-order chi connectivity index (χ1) is 16.9. The van der Waals surface area contributed by atoms with Gasteiger partial charge in [-0.3, -0.25) is 10.1 Å². The molecule has 8 nitrogen and oxygen atoms in total. The van der Waals surface area contributed by atoms with Gasteiger partial charge in [0.2, 0.25) is 0 Å². The Morgan fingerprint density at radius 2 is 1.71 bits per heavy atom. The Balaban J connectivity index is 1.35. The number of aliphatic carboxylic acids is 1. The number of thiazole rings is 1. The van der Waals surface area contributed by atoms with Crippen molar-refractivity contribution >= 4 is 34.4 Å². The molecule has 1 aliphatic rings. The van der Waals surface area contributed by atoms with Crippen molar-refractivity contribution in [3.63, 3.8) is 0 Å². The standard InChI is InChI=1S/C26H27N3O5S/c1-3-15(2)12-21(24(31)32)28-23(30)22-13-27-25(35-22)29-26(33)34-14-20-18-10-6-4-8-16(18)17-9-5-7-11-19(17)20/h4-11,13,15,20-21H,3,12,14H2,1-2H3,(H,28,30)(H,31,32)(H,27,29,33). The number of anilines is 1. The lowest BCUT2D eigenvalue weighted by Crippen LogP contribution is -2.41. The van der Waals surface area contributed by atoms with E-state index in [9.17, 15) is 19.5 Å². The molecule has 4 rings (SSSR count). The van der Waals surface area contributed by atoms with Crippen molar-refractivity contribution in [2.45, 2.75) is 38.6 Å². The van der Waals surface area contributed by atoms with E-state index in [1.54, 1.807) is 0 Å². The summed E-state index contributed by atoms with van der Waals surface area (Å²) < 4.78 is 5.50. The zero-order valence-electron chi connectivity index (χ0n) is 19.5. The molecule has 3 aromatic rings. The van der Waals surface area contributed by atoms with Crippen molar-refractivity contribution in [1.29, 1.82) is 0 Å². The van der Waals surface area contributed by atoms with Gasteiger partial charge >= 0.3 is 12.1 Å². The maximum absolute atomic E-state index is 12.5. The molecule has 3 N–H and O–H groups in total. The van der Waals surface area contributed by atoms with Crippen LogP contribution in [-0.4, -0.2) is 40.7 Å². The molecule has 2 atom stereocenters. The van der Waals surface area contributed by atoms with Crippen LogP contribution in [0.25, 0.3) is 11.1 Å². The highest BCUT2D eigenvalue weighted by Crippen LogP contribution is 2.44. The first kappa shape index (κ1) is 24.4. The Morgan fingerprint density at radius 1 is 1.09 bits per heavy atom. The average Bonchev–Trinajstić information content (AvgIpc) is 3.45. The fraction of sp³-hybridized carbons (Fsp3) is 0.308. The van der Waals surface area contributed by atoms with Crippen LogP contribution in [0.4, 0.5) is 9.93 Å². The maximum Gasteiger partial charge on any atom is 0.413 e. The second-order valence-corrected chi connectivity index (χ2v) is 9.62. The minimum absolute atomic E-state index is 0.0655. The van der Waals surface area contributed by atoms with E-state index in [0.29, 0.717) is 6.42 Å². The number of aromatic nitrogens is 1. The highest BCUT2D eigenvalue weighted by Gasteiger charge is 2.29. The van der Waals surface area contributed by atoms with Crippen LogP contribution in [0.2, 0.25) is 0 Å². The molecule has 0 spiro atoms. The number of benzene rings is 2. The highest BCUT2D eigenvalue weighted by atomic mass is 32.1. The summed E-state index contributed by atoms with van der Waals surface area (Å²) in [7, 11) is 0.